The molecule has 13 heteroatoms. The van der Waals surface area contributed by atoms with Gasteiger partial charge in [0.25, 0.3) is 0 Å². The van der Waals surface area contributed by atoms with Crippen molar-refractivity contribution in [1.29, 1.82) is 0 Å². The summed E-state index contributed by atoms with van der Waals surface area (Å²) in [6.07, 6.45) is 0.399. The van der Waals surface area contributed by atoms with Gasteiger partial charge in [0.1, 0.15) is 12.1 Å². The van der Waals surface area contributed by atoms with E-state index in [1.165, 1.54) is 9.80 Å². The zero-order valence-corrected chi connectivity index (χ0v) is 26.8. The third-order valence-corrected chi connectivity index (χ3v) is 8.65. The fourth-order valence-electron chi connectivity index (χ4n) is 5.62. The molecule has 2 aromatic rings. The Balaban J connectivity index is 1.41. The summed E-state index contributed by atoms with van der Waals surface area (Å²) in [4.78, 5) is 72.1. The molecule has 2 atom stereocenters. The Hall–Kier alpha value is -4.16. The average Bonchev–Trinajstić information content (AvgIpc) is 3.03. The molecule has 0 aromatic heterocycles. The normalized spacial score (nSPS) is 16.8. The highest BCUT2D eigenvalue weighted by atomic mass is 35.5. The van der Waals surface area contributed by atoms with Crippen LogP contribution in [0.1, 0.15) is 36.0 Å². The third kappa shape index (κ3) is 8.52. The quantitative estimate of drug-likeness (QED) is 0.382. The predicted octanol–water partition coefficient (Wildman–Crippen LogP) is 1.98. The standard InChI is InChI=1S/C32H42ClN7O5/c1-21-18-24(8-9-25(21)33)35-30(43)26(12-13-34)36-31(44)27-19-22-6-4-5-7-23(22)20-40(27)29(42)11-10-28(41)38-14-16-39(17-15-38)32(45)37(2)3/h4-9,18,26-27H,10-17,19-20,34H2,1-3H3,(H,35,43)(H,36,44)/t26-,27-/m0/s1. The van der Waals surface area contributed by atoms with Gasteiger partial charge in [0.05, 0.1) is 0 Å². The average molecular weight is 640 g/mol. The zero-order chi connectivity index (χ0) is 32.7. The molecule has 0 bridgehead atoms. The number of benzene rings is 2. The largest absolute Gasteiger partial charge is 0.342 e. The van der Waals surface area contributed by atoms with Gasteiger partial charge in [0.15, 0.2) is 0 Å². The number of rotatable bonds is 9. The van der Waals surface area contributed by atoms with E-state index >= 15 is 0 Å². The minimum absolute atomic E-state index is 0.00827. The Morgan fingerprint density at radius 1 is 0.956 bits per heavy atom. The van der Waals surface area contributed by atoms with E-state index in [1.807, 2.05) is 31.2 Å². The molecule has 6 amide bonds. The van der Waals surface area contributed by atoms with Gasteiger partial charge in [-0.05, 0) is 54.8 Å². The minimum atomic E-state index is -0.924. The van der Waals surface area contributed by atoms with E-state index < -0.39 is 23.9 Å². The summed E-state index contributed by atoms with van der Waals surface area (Å²) in [6.45, 7) is 3.85. The van der Waals surface area contributed by atoms with Crippen molar-refractivity contribution in [3.05, 3.63) is 64.2 Å². The number of nitrogens with one attached hydrogen (secondary N) is 2. The molecule has 4 N–H and O–H groups in total. The lowest BCUT2D eigenvalue weighted by atomic mass is 9.92. The summed E-state index contributed by atoms with van der Waals surface area (Å²) >= 11 is 6.11. The van der Waals surface area contributed by atoms with E-state index in [2.05, 4.69) is 10.6 Å². The molecular weight excluding hydrogens is 598 g/mol. The number of urea groups is 1. The van der Waals surface area contributed by atoms with Crippen LogP contribution < -0.4 is 16.4 Å². The van der Waals surface area contributed by atoms with Crippen LogP contribution in [0.4, 0.5) is 10.5 Å². The first kappa shape index (κ1) is 33.7. The van der Waals surface area contributed by atoms with Gasteiger partial charge in [0.2, 0.25) is 23.6 Å². The Kier molecular flexibility index (Phi) is 11.4. The number of nitrogens with two attached hydrogens (primary N) is 1. The minimum Gasteiger partial charge on any atom is -0.342 e. The predicted molar refractivity (Wildman–Crippen MR) is 171 cm³/mol. The summed E-state index contributed by atoms with van der Waals surface area (Å²) in [7, 11) is 3.38. The number of aryl methyl sites for hydroxylation is 1. The maximum Gasteiger partial charge on any atom is 0.319 e. The van der Waals surface area contributed by atoms with Crippen LogP contribution in [0.3, 0.4) is 0 Å². The van der Waals surface area contributed by atoms with Gasteiger partial charge in [0, 0.05) is 76.8 Å². The van der Waals surface area contributed by atoms with E-state index in [4.69, 9.17) is 17.3 Å². The first-order chi connectivity index (χ1) is 21.5. The van der Waals surface area contributed by atoms with E-state index in [9.17, 15) is 24.0 Å². The fourth-order valence-corrected chi connectivity index (χ4v) is 5.74. The first-order valence-electron chi connectivity index (χ1n) is 15.2. The molecule has 2 aromatic carbocycles. The van der Waals surface area contributed by atoms with Crippen LogP contribution in [0.2, 0.25) is 5.02 Å². The van der Waals surface area contributed by atoms with Crippen LogP contribution in [-0.2, 0) is 32.1 Å². The van der Waals surface area contributed by atoms with Crippen molar-refractivity contribution in [1.82, 2.24) is 24.9 Å². The molecule has 45 heavy (non-hydrogen) atoms. The summed E-state index contributed by atoms with van der Waals surface area (Å²) < 4.78 is 0. The molecule has 242 valence electrons. The first-order valence-corrected chi connectivity index (χ1v) is 15.5. The van der Waals surface area contributed by atoms with Gasteiger partial charge in [-0.25, -0.2) is 4.79 Å². The second-order valence-electron chi connectivity index (χ2n) is 11.6. The Labute approximate surface area is 268 Å². The van der Waals surface area contributed by atoms with Gasteiger partial charge >= 0.3 is 6.03 Å². The van der Waals surface area contributed by atoms with Gasteiger partial charge in [-0.2, -0.15) is 0 Å². The number of amides is 6. The van der Waals surface area contributed by atoms with Gasteiger partial charge < -0.3 is 36.0 Å². The van der Waals surface area contributed by atoms with E-state index in [1.54, 1.807) is 42.1 Å². The summed E-state index contributed by atoms with van der Waals surface area (Å²) in [5, 5.41) is 6.21. The number of hydrogen-bond donors (Lipinski definition) is 3. The maximum absolute atomic E-state index is 13.7. The van der Waals surface area contributed by atoms with Gasteiger partial charge in [-0.1, -0.05) is 35.9 Å². The molecule has 0 aliphatic carbocycles. The smallest absolute Gasteiger partial charge is 0.319 e. The molecule has 12 nitrogen and oxygen atoms in total. The maximum atomic E-state index is 13.7. The monoisotopic (exact) mass is 639 g/mol. The molecule has 0 unspecified atom stereocenters. The fraction of sp³-hybridized carbons (Fsp3) is 0.469. The highest BCUT2D eigenvalue weighted by molar-refractivity contribution is 6.31. The Morgan fingerprint density at radius 2 is 1.60 bits per heavy atom. The number of hydrogen-bond acceptors (Lipinski definition) is 6. The Bertz CT molecular complexity index is 1430. The lowest BCUT2D eigenvalue weighted by molar-refractivity contribution is -0.144. The summed E-state index contributed by atoms with van der Waals surface area (Å²) in [5.41, 5.74) is 9.00. The lowest BCUT2D eigenvalue weighted by Crippen LogP contribution is -2.56. The third-order valence-electron chi connectivity index (χ3n) is 8.22. The topological polar surface area (TPSA) is 148 Å². The van der Waals surface area contributed by atoms with E-state index in [0.717, 1.165) is 16.7 Å². The van der Waals surface area contributed by atoms with Crippen molar-refractivity contribution in [2.75, 3.05) is 52.1 Å². The number of nitrogens with zero attached hydrogens (tertiary/aromatic N) is 4. The molecular formula is C32H42ClN7O5. The van der Waals surface area contributed by atoms with Gasteiger partial charge in [-0.3, -0.25) is 19.2 Å². The van der Waals surface area contributed by atoms with Gasteiger partial charge in [-0.15, -0.1) is 0 Å². The zero-order valence-electron chi connectivity index (χ0n) is 26.1. The van der Waals surface area contributed by atoms with E-state index in [-0.39, 0.29) is 56.6 Å². The van der Waals surface area contributed by atoms with Crippen LogP contribution in [0.25, 0.3) is 0 Å². The van der Waals surface area contributed by atoms with Crippen molar-refractivity contribution >= 4 is 46.9 Å². The van der Waals surface area contributed by atoms with Crippen LogP contribution in [-0.4, -0.2) is 108 Å². The molecule has 2 aliphatic rings. The molecule has 2 aliphatic heterocycles. The summed E-state index contributed by atoms with van der Waals surface area (Å²) in [6, 6.07) is 10.8. The van der Waals surface area contributed by atoms with Crippen LogP contribution in [0, 0.1) is 6.92 Å². The van der Waals surface area contributed by atoms with Crippen molar-refractivity contribution in [2.24, 2.45) is 5.73 Å². The molecule has 1 saturated heterocycles. The van der Waals surface area contributed by atoms with Crippen LogP contribution in [0.15, 0.2) is 42.5 Å². The molecule has 1 fully saturated rings. The number of carbonyl (C=O) groups is 5. The molecule has 0 saturated carbocycles. The number of anilines is 1. The highest BCUT2D eigenvalue weighted by Gasteiger charge is 2.36. The van der Waals surface area contributed by atoms with E-state index in [0.29, 0.717) is 36.9 Å². The number of carbonyl (C=O) groups excluding carboxylic acids is 5. The molecule has 0 radical (unpaired) electrons. The summed E-state index contributed by atoms with van der Waals surface area (Å²) in [5.74, 6) is -1.39. The Morgan fingerprint density at radius 3 is 2.24 bits per heavy atom. The molecule has 0 spiro atoms. The number of halogens is 1. The molecule has 4 rings (SSSR count). The van der Waals surface area contributed by atoms with Crippen molar-refractivity contribution in [3.63, 3.8) is 0 Å². The van der Waals surface area contributed by atoms with Crippen molar-refractivity contribution in [2.45, 2.75) is 51.2 Å². The van der Waals surface area contributed by atoms with Crippen molar-refractivity contribution < 1.29 is 24.0 Å². The number of fused-ring (bicyclic) bond motifs is 1. The number of piperazine rings is 1. The van der Waals surface area contributed by atoms with Crippen LogP contribution >= 0.6 is 11.6 Å². The van der Waals surface area contributed by atoms with Crippen molar-refractivity contribution in [3.8, 4) is 0 Å². The van der Waals surface area contributed by atoms with Crippen LogP contribution in [0.5, 0.6) is 0 Å². The highest BCUT2D eigenvalue weighted by Crippen LogP contribution is 2.25. The SMILES string of the molecule is Cc1cc(NC(=O)[C@H](CCN)NC(=O)[C@@H]2Cc3ccccc3CN2C(=O)CCC(=O)N2CCN(C(=O)N(C)C)CC2)ccc1Cl. The molecule has 2 heterocycles. The second kappa shape index (κ2) is 15.2. The lowest BCUT2D eigenvalue weighted by Gasteiger charge is -2.37. The second-order valence-corrected chi connectivity index (χ2v) is 12.1.